The number of benzene rings is 1. The topological polar surface area (TPSA) is 98.7 Å². The SMILES string of the molecule is CCOc1ccc(-c2nc(-c3cccc(-c4nnn[nH]4)n3)cs2)cc1OCC. The summed E-state index contributed by atoms with van der Waals surface area (Å²) in [6, 6.07) is 11.5. The fourth-order valence-electron chi connectivity index (χ4n) is 2.69. The molecule has 0 fully saturated rings. The molecule has 3 heterocycles. The van der Waals surface area contributed by atoms with E-state index in [4.69, 9.17) is 14.5 Å². The van der Waals surface area contributed by atoms with Gasteiger partial charge in [-0.15, -0.1) is 16.4 Å². The minimum Gasteiger partial charge on any atom is -0.490 e. The summed E-state index contributed by atoms with van der Waals surface area (Å²) >= 11 is 1.55. The highest BCUT2D eigenvalue weighted by Gasteiger charge is 2.13. The predicted molar refractivity (Wildman–Crippen MR) is 106 cm³/mol. The minimum atomic E-state index is 0.519. The zero-order valence-corrected chi connectivity index (χ0v) is 16.2. The van der Waals surface area contributed by atoms with E-state index in [9.17, 15) is 0 Å². The third-order valence-corrected chi connectivity index (χ3v) is 4.79. The molecule has 9 heteroatoms. The number of hydrogen-bond donors (Lipinski definition) is 1. The molecule has 0 aliphatic rings. The normalized spacial score (nSPS) is 10.8. The lowest BCUT2D eigenvalue weighted by atomic mass is 10.2. The third kappa shape index (κ3) is 3.70. The Balaban J connectivity index is 1.65. The molecule has 4 aromatic rings. The number of aromatic nitrogens is 6. The Hall–Kier alpha value is -3.33. The van der Waals surface area contributed by atoms with Gasteiger partial charge >= 0.3 is 0 Å². The lowest BCUT2D eigenvalue weighted by Crippen LogP contribution is -1.98. The Morgan fingerprint density at radius 3 is 2.54 bits per heavy atom. The van der Waals surface area contributed by atoms with Crippen LogP contribution < -0.4 is 9.47 Å². The quantitative estimate of drug-likeness (QED) is 0.508. The van der Waals surface area contributed by atoms with Crippen LogP contribution in [-0.4, -0.2) is 43.8 Å². The summed E-state index contributed by atoms with van der Waals surface area (Å²) in [7, 11) is 0. The molecule has 3 aromatic heterocycles. The van der Waals surface area contributed by atoms with Crippen molar-refractivity contribution in [3.8, 4) is 45.0 Å². The molecule has 0 radical (unpaired) electrons. The molecular formula is C19H18N6O2S. The van der Waals surface area contributed by atoms with Crippen LogP contribution in [-0.2, 0) is 0 Å². The maximum atomic E-state index is 5.72. The summed E-state index contributed by atoms with van der Waals surface area (Å²) in [5.41, 5.74) is 3.18. The predicted octanol–water partition coefficient (Wildman–Crippen LogP) is 3.85. The van der Waals surface area contributed by atoms with E-state index in [1.807, 2.05) is 55.6 Å². The van der Waals surface area contributed by atoms with E-state index in [-0.39, 0.29) is 0 Å². The summed E-state index contributed by atoms with van der Waals surface area (Å²) < 4.78 is 11.3. The van der Waals surface area contributed by atoms with Crippen molar-refractivity contribution in [1.29, 1.82) is 0 Å². The van der Waals surface area contributed by atoms with Crippen molar-refractivity contribution < 1.29 is 9.47 Å². The largest absolute Gasteiger partial charge is 0.490 e. The average molecular weight is 394 g/mol. The van der Waals surface area contributed by atoms with Crippen LogP contribution in [0.3, 0.4) is 0 Å². The summed E-state index contributed by atoms with van der Waals surface area (Å²) in [5.74, 6) is 1.97. The molecule has 0 atom stereocenters. The molecule has 0 saturated carbocycles. The van der Waals surface area contributed by atoms with Crippen LogP contribution >= 0.6 is 11.3 Å². The molecule has 0 bridgehead atoms. The molecule has 0 unspecified atom stereocenters. The molecule has 0 spiro atoms. The number of tetrazole rings is 1. The number of thiazole rings is 1. The number of nitrogens with zero attached hydrogens (tertiary/aromatic N) is 5. The van der Waals surface area contributed by atoms with E-state index < -0.39 is 0 Å². The average Bonchev–Trinajstić information content (AvgIpc) is 3.42. The van der Waals surface area contributed by atoms with Gasteiger partial charge in [-0.3, -0.25) is 0 Å². The Bertz CT molecular complexity index is 1060. The van der Waals surface area contributed by atoms with E-state index in [2.05, 4.69) is 25.6 Å². The van der Waals surface area contributed by atoms with E-state index in [1.54, 1.807) is 11.3 Å². The number of nitrogens with one attached hydrogen (secondary N) is 1. The van der Waals surface area contributed by atoms with Gasteiger partial charge in [-0.1, -0.05) is 6.07 Å². The van der Waals surface area contributed by atoms with Gasteiger partial charge in [0.2, 0.25) is 0 Å². The summed E-state index contributed by atoms with van der Waals surface area (Å²) in [5, 5.41) is 16.7. The van der Waals surface area contributed by atoms with Gasteiger partial charge < -0.3 is 9.47 Å². The van der Waals surface area contributed by atoms with Crippen LogP contribution in [0.4, 0.5) is 0 Å². The van der Waals surface area contributed by atoms with Crippen molar-refractivity contribution in [1.82, 2.24) is 30.6 Å². The van der Waals surface area contributed by atoms with Gasteiger partial charge in [-0.2, -0.15) is 0 Å². The third-order valence-electron chi connectivity index (χ3n) is 3.89. The molecule has 4 rings (SSSR count). The summed E-state index contributed by atoms with van der Waals surface area (Å²) in [6.45, 7) is 5.06. The molecular weight excluding hydrogens is 376 g/mol. The maximum absolute atomic E-state index is 5.72. The maximum Gasteiger partial charge on any atom is 0.198 e. The molecule has 0 aliphatic carbocycles. The number of rotatable bonds is 7. The van der Waals surface area contributed by atoms with E-state index in [0.29, 0.717) is 24.7 Å². The van der Waals surface area contributed by atoms with Gasteiger partial charge in [-0.25, -0.2) is 15.1 Å². The Labute approximate surface area is 165 Å². The van der Waals surface area contributed by atoms with E-state index in [1.165, 1.54) is 0 Å². The second-order valence-corrected chi connectivity index (χ2v) is 6.58. The zero-order valence-electron chi connectivity index (χ0n) is 15.4. The molecule has 1 N–H and O–H groups in total. The van der Waals surface area contributed by atoms with Crippen molar-refractivity contribution in [3.05, 3.63) is 41.8 Å². The van der Waals surface area contributed by atoms with Crippen LogP contribution in [0, 0.1) is 0 Å². The van der Waals surface area contributed by atoms with Gasteiger partial charge in [0.1, 0.15) is 16.4 Å². The van der Waals surface area contributed by atoms with Gasteiger partial charge in [0.05, 0.1) is 18.9 Å². The Morgan fingerprint density at radius 2 is 1.75 bits per heavy atom. The molecule has 28 heavy (non-hydrogen) atoms. The highest BCUT2D eigenvalue weighted by molar-refractivity contribution is 7.13. The molecule has 0 saturated heterocycles. The lowest BCUT2D eigenvalue weighted by molar-refractivity contribution is 0.288. The van der Waals surface area contributed by atoms with E-state index >= 15 is 0 Å². The number of ether oxygens (including phenoxy) is 2. The monoisotopic (exact) mass is 394 g/mol. The van der Waals surface area contributed by atoms with Crippen molar-refractivity contribution in [3.63, 3.8) is 0 Å². The summed E-state index contributed by atoms with van der Waals surface area (Å²) in [6.07, 6.45) is 0. The van der Waals surface area contributed by atoms with Gasteiger partial charge in [-0.05, 0) is 54.6 Å². The zero-order chi connectivity index (χ0) is 19.3. The molecule has 0 amide bonds. The molecule has 1 aromatic carbocycles. The van der Waals surface area contributed by atoms with Crippen molar-refractivity contribution in [2.24, 2.45) is 0 Å². The van der Waals surface area contributed by atoms with Crippen molar-refractivity contribution in [2.75, 3.05) is 13.2 Å². The molecule has 8 nitrogen and oxygen atoms in total. The second-order valence-electron chi connectivity index (χ2n) is 5.72. The van der Waals surface area contributed by atoms with Crippen molar-refractivity contribution in [2.45, 2.75) is 13.8 Å². The first-order valence-electron chi connectivity index (χ1n) is 8.85. The highest BCUT2D eigenvalue weighted by Crippen LogP contribution is 2.35. The van der Waals surface area contributed by atoms with Gasteiger partial charge in [0.25, 0.3) is 0 Å². The van der Waals surface area contributed by atoms with Gasteiger partial charge in [0, 0.05) is 10.9 Å². The molecule has 0 aliphatic heterocycles. The number of hydrogen-bond acceptors (Lipinski definition) is 8. The van der Waals surface area contributed by atoms with Crippen molar-refractivity contribution >= 4 is 11.3 Å². The van der Waals surface area contributed by atoms with Crippen LogP contribution in [0.2, 0.25) is 0 Å². The number of aromatic amines is 1. The van der Waals surface area contributed by atoms with Crippen LogP contribution in [0.15, 0.2) is 41.8 Å². The summed E-state index contributed by atoms with van der Waals surface area (Å²) in [4.78, 5) is 9.35. The smallest absolute Gasteiger partial charge is 0.198 e. The minimum absolute atomic E-state index is 0.519. The fraction of sp³-hybridized carbons (Fsp3) is 0.211. The van der Waals surface area contributed by atoms with Crippen LogP contribution in [0.1, 0.15) is 13.8 Å². The van der Waals surface area contributed by atoms with Crippen LogP contribution in [0.25, 0.3) is 33.5 Å². The Kier molecular flexibility index (Phi) is 5.24. The van der Waals surface area contributed by atoms with Crippen LogP contribution in [0.5, 0.6) is 11.5 Å². The van der Waals surface area contributed by atoms with E-state index in [0.717, 1.165) is 33.5 Å². The van der Waals surface area contributed by atoms with Gasteiger partial charge in [0.15, 0.2) is 17.3 Å². The number of pyridine rings is 1. The first-order chi connectivity index (χ1) is 13.8. The molecule has 142 valence electrons. The second kappa shape index (κ2) is 8.13. The lowest BCUT2D eigenvalue weighted by Gasteiger charge is -2.11. The highest BCUT2D eigenvalue weighted by atomic mass is 32.1. The Morgan fingerprint density at radius 1 is 0.929 bits per heavy atom. The standard InChI is InChI=1S/C19H18N6O2S/c1-3-26-16-9-8-12(10-17(16)27-4-2)19-21-15(11-28-19)13-6-5-7-14(20-13)18-22-24-25-23-18/h5-11H,3-4H2,1-2H3,(H,22,23,24,25). The first kappa shape index (κ1) is 18.1. The fourth-order valence-corrected chi connectivity index (χ4v) is 3.50. The first-order valence-corrected chi connectivity index (χ1v) is 9.73. The number of H-pyrrole nitrogens is 1.